The Morgan fingerprint density at radius 3 is 2.43 bits per heavy atom. The van der Waals surface area contributed by atoms with E-state index in [0.717, 1.165) is 5.69 Å². The molecule has 2 rings (SSSR count). The second-order valence-electron chi connectivity index (χ2n) is 4.37. The van der Waals surface area contributed by atoms with Crippen molar-refractivity contribution in [1.29, 1.82) is 0 Å². The first kappa shape index (κ1) is 15.3. The Morgan fingerprint density at radius 2 is 1.81 bits per heavy atom. The van der Waals surface area contributed by atoms with Gasteiger partial charge < -0.3 is 16.0 Å². The van der Waals surface area contributed by atoms with Gasteiger partial charge in [0.05, 0.1) is 0 Å². The molecule has 0 bridgehead atoms. The molecule has 110 valence electrons. The van der Waals surface area contributed by atoms with Crippen LogP contribution < -0.4 is 16.0 Å². The molecule has 6 heteroatoms. The summed E-state index contributed by atoms with van der Waals surface area (Å²) in [6.45, 7) is 0.390. The molecule has 0 atom stereocenters. The number of hydrogen-bond donors (Lipinski definition) is 3. The van der Waals surface area contributed by atoms with Gasteiger partial charge in [-0.15, -0.1) is 0 Å². The first-order chi connectivity index (χ1) is 10.1. The first-order valence-electron chi connectivity index (χ1n) is 6.35. The molecule has 21 heavy (non-hydrogen) atoms. The Balaban J connectivity index is 1.96. The van der Waals surface area contributed by atoms with E-state index in [-0.39, 0.29) is 11.8 Å². The number of halogens is 2. The van der Waals surface area contributed by atoms with Gasteiger partial charge in [-0.25, -0.2) is 9.18 Å². The van der Waals surface area contributed by atoms with Crippen LogP contribution in [-0.2, 0) is 6.54 Å². The second-order valence-corrected chi connectivity index (χ2v) is 5.29. The van der Waals surface area contributed by atoms with Crippen LogP contribution in [-0.4, -0.2) is 13.1 Å². The third kappa shape index (κ3) is 4.46. The van der Waals surface area contributed by atoms with Crippen LogP contribution in [0, 0.1) is 5.82 Å². The van der Waals surface area contributed by atoms with Gasteiger partial charge in [0.15, 0.2) is 0 Å². The number of amides is 2. The highest BCUT2D eigenvalue weighted by Gasteiger charge is 2.03. The Labute approximate surface area is 130 Å². The standard InChI is InChI=1S/C15H15BrFN3O/c1-18-15(21)20-13-6-4-12(5-7-13)19-9-10-2-3-11(16)8-14(10)17/h2-8,19H,9H2,1H3,(H2,18,20,21). The fourth-order valence-corrected chi connectivity index (χ4v) is 2.06. The quantitative estimate of drug-likeness (QED) is 0.780. The van der Waals surface area contributed by atoms with Crippen LogP contribution in [0.1, 0.15) is 5.56 Å². The van der Waals surface area contributed by atoms with E-state index in [1.165, 1.54) is 6.07 Å². The number of carbonyl (C=O) groups excluding carboxylic acids is 1. The van der Waals surface area contributed by atoms with Crippen molar-refractivity contribution >= 4 is 33.3 Å². The zero-order chi connectivity index (χ0) is 15.2. The van der Waals surface area contributed by atoms with Gasteiger partial charge in [-0.1, -0.05) is 22.0 Å². The summed E-state index contributed by atoms with van der Waals surface area (Å²) in [5.74, 6) is -0.255. The van der Waals surface area contributed by atoms with E-state index in [2.05, 4.69) is 31.9 Å². The molecule has 0 heterocycles. The third-order valence-electron chi connectivity index (χ3n) is 2.87. The van der Waals surface area contributed by atoms with Gasteiger partial charge in [0, 0.05) is 35.0 Å². The molecular formula is C15H15BrFN3O. The molecule has 0 unspecified atom stereocenters. The van der Waals surface area contributed by atoms with Gasteiger partial charge in [0.2, 0.25) is 0 Å². The van der Waals surface area contributed by atoms with Crippen LogP contribution in [0.2, 0.25) is 0 Å². The third-order valence-corrected chi connectivity index (χ3v) is 3.36. The lowest BCUT2D eigenvalue weighted by Crippen LogP contribution is -2.24. The topological polar surface area (TPSA) is 53.2 Å². The molecule has 0 aliphatic rings. The maximum atomic E-state index is 13.7. The molecule has 2 aromatic carbocycles. The summed E-state index contributed by atoms with van der Waals surface area (Å²) in [5, 5.41) is 8.27. The number of anilines is 2. The van der Waals surface area contributed by atoms with E-state index >= 15 is 0 Å². The van der Waals surface area contributed by atoms with Gasteiger partial charge in [-0.3, -0.25) is 0 Å². The van der Waals surface area contributed by atoms with Gasteiger partial charge in [0.25, 0.3) is 0 Å². The molecule has 0 aliphatic heterocycles. The van der Waals surface area contributed by atoms with Crippen molar-refractivity contribution < 1.29 is 9.18 Å². The van der Waals surface area contributed by atoms with Crippen molar-refractivity contribution in [3.8, 4) is 0 Å². The fraction of sp³-hybridized carbons (Fsp3) is 0.133. The summed E-state index contributed by atoms with van der Waals surface area (Å²) >= 11 is 3.23. The van der Waals surface area contributed by atoms with Gasteiger partial charge >= 0.3 is 6.03 Å². The molecular weight excluding hydrogens is 337 g/mol. The summed E-state index contributed by atoms with van der Waals surface area (Å²) in [6.07, 6.45) is 0. The summed E-state index contributed by atoms with van der Waals surface area (Å²) in [6, 6.07) is 11.9. The molecule has 4 nitrogen and oxygen atoms in total. The maximum absolute atomic E-state index is 13.7. The van der Waals surface area contributed by atoms with Crippen molar-refractivity contribution in [2.75, 3.05) is 17.7 Å². The van der Waals surface area contributed by atoms with Gasteiger partial charge in [-0.2, -0.15) is 0 Å². The molecule has 0 aliphatic carbocycles. The van der Waals surface area contributed by atoms with E-state index in [4.69, 9.17) is 0 Å². The second kappa shape index (κ2) is 7.08. The highest BCUT2D eigenvalue weighted by molar-refractivity contribution is 9.10. The van der Waals surface area contributed by atoms with Gasteiger partial charge in [0.1, 0.15) is 5.82 Å². The SMILES string of the molecule is CNC(=O)Nc1ccc(NCc2ccc(Br)cc2F)cc1. The van der Waals surface area contributed by atoms with Crippen molar-refractivity contribution in [3.05, 3.63) is 58.3 Å². The molecule has 0 spiro atoms. The first-order valence-corrected chi connectivity index (χ1v) is 7.14. The van der Waals surface area contributed by atoms with Crippen LogP contribution in [0.4, 0.5) is 20.6 Å². The largest absolute Gasteiger partial charge is 0.381 e. The van der Waals surface area contributed by atoms with Gasteiger partial charge in [-0.05, 0) is 36.4 Å². The van der Waals surface area contributed by atoms with Crippen molar-refractivity contribution in [2.45, 2.75) is 6.54 Å². The Bertz CT molecular complexity index is 631. The summed E-state index contributed by atoms with van der Waals surface area (Å²) < 4.78 is 14.4. The Morgan fingerprint density at radius 1 is 1.14 bits per heavy atom. The molecule has 0 aromatic heterocycles. The Hall–Kier alpha value is -2.08. The van der Waals surface area contributed by atoms with E-state index in [1.54, 1.807) is 31.3 Å². The zero-order valence-corrected chi connectivity index (χ0v) is 13.0. The number of urea groups is 1. The molecule has 0 saturated carbocycles. The average molecular weight is 352 g/mol. The lowest BCUT2D eigenvalue weighted by Gasteiger charge is -2.09. The minimum atomic E-state index is -0.271. The highest BCUT2D eigenvalue weighted by atomic mass is 79.9. The summed E-state index contributed by atoms with van der Waals surface area (Å²) in [5.41, 5.74) is 2.13. The number of hydrogen-bond acceptors (Lipinski definition) is 2. The fourth-order valence-electron chi connectivity index (χ4n) is 1.73. The molecule has 0 fully saturated rings. The van der Waals surface area contributed by atoms with E-state index in [9.17, 15) is 9.18 Å². The number of carbonyl (C=O) groups is 1. The number of benzene rings is 2. The molecule has 2 amide bonds. The van der Waals surface area contributed by atoms with E-state index in [0.29, 0.717) is 22.3 Å². The molecule has 0 saturated heterocycles. The van der Waals surface area contributed by atoms with Crippen molar-refractivity contribution in [3.63, 3.8) is 0 Å². The number of nitrogens with one attached hydrogen (secondary N) is 3. The minimum absolute atomic E-state index is 0.255. The van der Waals surface area contributed by atoms with Crippen LogP contribution in [0.5, 0.6) is 0 Å². The summed E-state index contributed by atoms with van der Waals surface area (Å²) in [4.78, 5) is 11.2. The van der Waals surface area contributed by atoms with Crippen LogP contribution >= 0.6 is 15.9 Å². The van der Waals surface area contributed by atoms with Crippen molar-refractivity contribution in [2.24, 2.45) is 0 Å². The highest BCUT2D eigenvalue weighted by Crippen LogP contribution is 2.18. The lowest BCUT2D eigenvalue weighted by molar-refractivity contribution is 0.254. The van der Waals surface area contributed by atoms with Crippen molar-refractivity contribution in [1.82, 2.24) is 5.32 Å². The summed E-state index contributed by atoms with van der Waals surface area (Å²) in [7, 11) is 1.55. The predicted molar refractivity (Wildman–Crippen MR) is 85.9 cm³/mol. The monoisotopic (exact) mass is 351 g/mol. The van der Waals surface area contributed by atoms with E-state index < -0.39 is 0 Å². The van der Waals surface area contributed by atoms with E-state index in [1.807, 2.05) is 12.1 Å². The van der Waals surface area contributed by atoms with Crippen LogP contribution in [0.25, 0.3) is 0 Å². The zero-order valence-electron chi connectivity index (χ0n) is 11.4. The maximum Gasteiger partial charge on any atom is 0.318 e. The lowest BCUT2D eigenvalue weighted by atomic mass is 10.2. The smallest absolute Gasteiger partial charge is 0.318 e. The Kier molecular flexibility index (Phi) is 5.16. The predicted octanol–water partition coefficient (Wildman–Crippen LogP) is 3.95. The molecule has 0 radical (unpaired) electrons. The molecule has 3 N–H and O–H groups in total. The average Bonchev–Trinajstić information content (AvgIpc) is 2.48. The van der Waals surface area contributed by atoms with Crippen LogP contribution in [0.15, 0.2) is 46.9 Å². The normalized spacial score (nSPS) is 10.0. The van der Waals surface area contributed by atoms with Crippen LogP contribution in [0.3, 0.4) is 0 Å². The minimum Gasteiger partial charge on any atom is -0.381 e. The molecule has 2 aromatic rings. The number of rotatable bonds is 4.